The van der Waals surface area contributed by atoms with Crippen LogP contribution in [0.4, 0.5) is 5.82 Å². The first-order valence-electron chi connectivity index (χ1n) is 5.40. The minimum Gasteiger partial charge on any atom is -0.481 e. The van der Waals surface area contributed by atoms with Crippen molar-refractivity contribution in [1.82, 2.24) is 15.1 Å². The van der Waals surface area contributed by atoms with Crippen LogP contribution in [0.15, 0.2) is 6.20 Å². The van der Waals surface area contributed by atoms with Crippen molar-refractivity contribution in [3.8, 4) is 0 Å². The zero-order chi connectivity index (χ0) is 12.4. The number of aromatic nitrogens is 2. The van der Waals surface area contributed by atoms with Gasteiger partial charge in [-0.3, -0.25) is 14.7 Å². The maximum Gasteiger partial charge on any atom is 0.306 e. The third-order valence-electron chi connectivity index (χ3n) is 3.03. The van der Waals surface area contributed by atoms with Crippen molar-refractivity contribution in [2.45, 2.75) is 12.8 Å². The monoisotopic (exact) mass is 238 g/mol. The number of nitrogens with two attached hydrogens (primary N) is 1. The van der Waals surface area contributed by atoms with Crippen LogP contribution >= 0.6 is 0 Å². The molecule has 0 radical (unpaired) electrons. The van der Waals surface area contributed by atoms with E-state index < -0.39 is 5.97 Å². The van der Waals surface area contributed by atoms with Crippen molar-refractivity contribution < 1.29 is 14.7 Å². The molecule has 17 heavy (non-hydrogen) atoms. The number of aromatic amines is 1. The molecule has 0 atom stereocenters. The summed E-state index contributed by atoms with van der Waals surface area (Å²) < 4.78 is 0. The van der Waals surface area contributed by atoms with E-state index in [1.54, 1.807) is 4.90 Å². The molecule has 1 fully saturated rings. The van der Waals surface area contributed by atoms with Crippen molar-refractivity contribution in [2.75, 3.05) is 18.8 Å². The van der Waals surface area contributed by atoms with Crippen LogP contribution in [0, 0.1) is 5.92 Å². The second kappa shape index (κ2) is 4.44. The first-order chi connectivity index (χ1) is 8.09. The van der Waals surface area contributed by atoms with E-state index in [1.807, 2.05) is 0 Å². The number of carbonyl (C=O) groups is 2. The predicted molar refractivity (Wildman–Crippen MR) is 59.3 cm³/mol. The first-order valence-corrected chi connectivity index (χ1v) is 5.40. The topological polar surface area (TPSA) is 112 Å². The molecule has 1 amide bonds. The van der Waals surface area contributed by atoms with Crippen LogP contribution in [0.3, 0.4) is 0 Å². The maximum atomic E-state index is 12.0. The normalized spacial score (nSPS) is 17.1. The number of H-pyrrole nitrogens is 1. The number of nitrogens with one attached hydrogen (secondary N) is 1. The molecular formula is C10H14N4O3. The number of anilines is 1. The van der Waals surface area contributed by atoms with Gasteiger partial charge in [0.25, 0.3) is 5.91 Å². The third-order valence-corrected chi connectivity index (χ3v) is 3.03. The highest BCUT2D eigenvalue weighted by Crippen LogP contribution is 2.20. The fourth-order valence-corrected chi connectivity index (χ4v) is 1.97. The molecular weight excluding hydrogens is 224 g/mol. The molecule has 1 aliphatic rings. The average Bonchev–Trinajstić information content (AvgIpc) is 2.74. The fraction of sp³-hybridized carbons (Fsp3) is 0.500. The quantitative estimate of drug-likeness (QED) is 0.667. The molecule has 0 unspecified atom stereocenters. The molecule has 0 aromatic carbocycles. The molecule has 7 nitrogen and oxygen atoms in total. The number of piperidine rings is 1. The van der Waals surface area contributed by atoms with Gasteiger partial charge in [-0.1, -0.05) is 0 Å². The second-order valence-electron chi connectivity index (χ2n) is 4.10. The molecule has 0 spiro atoms. The Morgan fingerprint density at radius 1 is 1.47 bits per heavy atom. The van der Waals surface area contributed by atoms with Gasteiger partial charge in [0.1, 0.15) is 11.4 Å². The number of nitrogens with zero attached hydrogens (tertiary/aromatic N) is 2. The summed E-state index contributed by atoms with van der Waals surface area (Å²) in [6.07, 6.45) is 2.36. The Morgan fingerprint density at radius 2 is 2.12 bits per heavy atom. The van der Waals surface area contributed by atoms with Gasteiger partial charge in [-0.25, -0.2) is 0 Å². The van der Waals surface area contributed by atoms with Crippen molar-refractivity contribution in [1.29, 1.82) is 0 Å². The first kappa shape index (κ1) is 11.4. The van der Waals surface area contributed by atoms with E-state index in [-0.39, 0.29) is 17.6 Å². The maximum absolute atomic E-state index is 12.0. The van der Waals surface area contributed by atoms with E-state index >= 15 is 0 Å². The summed E-state index contributed by atoms with van der Waals surface area (Å²) in [4.78, 5) is 24.4. The molecule has 2 rings (SSSR count). The summed E-state index contributed by atoms with van der Waals surface area (Å²) in [6.45, 7) is 0.890. The van der Waals surface area contributed by atoms with E-state index in [2.05, 4.69) is 10.2 Å². The second-order valence-corrected chi connectivity index (χ2v) is 4.10. The minimum absolute atomic E-state index is 0.194. The molecule has 1 saturated heterocycles. The van der Waals surface area contributed by atoms with Gasteiger partial charge in [-0.2, -0.15) is 5.10 Å². The number of carboxylic acid groups (broad SMARTS) is 1. The number of amides is 1. The number of carbonyl (C=O) groups excluding carboxylic acids is 1. The predicted octanol–water partition coefficient (Wildman–Crippen LogP) is -0.0713. The number of likely N-dealkylation sites (tertiary alicyclic amines) is 1. The summed E-state index contributed by atoms with van der Waals surface area (Å²) >= 11 is 0. The van der Waals surface area contributed by atoms with E-state index in [4.69, 9.17) is 10.8 Å². The smallest absolute Gasteiger partial charge is 0.306 e. The Morgan fingerprint density at radius 3 is 2.59 bits per heavy atom. The van der Waals surface area contributed by atoms with Crippen molar-refractivity contribution in [2.24, 2.45) is 5.92 Å². The average molecular weight is 238 g/mol. The lowest BCUT2D eigenvalue weighted by Gasteiger charge is -2.29. The summed E-state index contributed by atoms with van der Waals surface area (Å²) in [6, 6.07) is 0. The highest BCUT2D eigenvalue weighted by atomic mass is 16.4. The molecule has 4 N–H and O–H groups in total. The Balaban J connectivity index is 2.00. The van der Waals surface area contributed by atoms with Gasteiger partial charge < -0.3 is 15.7 Å². The molecule has 92 valence electrons. The summed E-state index contributed by atoms with van der Waals surface area (Å²) in [5.41, 5.74) is 5.91. The number of hydrogen-bond acceptors (Lipinski definition) is 4. The summed E-state index contributed by atoms with van der Waals surface area (Å²) in [7, 11) is 0. The lowest BCUT2D eigenvalue weighted by Crippen LogP contribution is -2.40. The number of carboxylic acids is 1. The van der Waals surface area contributed by atoms with Crippen molar-refractivity contribution in [3.05, 3.63) is 11.8 Å². The van der Waals surface area contributed by atoms with E-state index in [0.29, 0.717) is 31.5 Å². The van der Waals surface area contributed by atoms with Crippen LogP contribution < -0.4 is 5.73 Å². The van der Waals surface area contributed by atoms with Crippen molar-refractivity contribution in [3.63, 3.8) is 0 Å². The van der Waals surface area contributed by atoms with E-state index in [1.165, 1.54) is 6.20 Å². The van der Waals surface area contributed by atoms with Gasteiger partial charge in [0.2, 0.25) is 0 Å². The molecule has 0 bridgehead atoms. The minimum atomic E-state index is -0.792. The highest BCUT2D eigenvalue weighted by molar-refractivity contribution is 5.98. The zero-order valence-corrected chi connectivity index (χ0v) is 9.22. The molecule has 1 aliphatic heterocycles. The number of hydrogen-bond donors (Lipinski definition) is 3. The lowest BCUT2D eigenvalue weighted by atomic mass is 9.97. The highest BCUT2D eigenvalue weighted by Gasteiger charge is 2.28. The molecule has 0 saturated carbocycles. The third kappa shape index (κ3) is 2.22. The molecule has 7 heteroatoms. The number of nitrogen functional groups attached to an aromatic ring is 1. The van der Waals surface area contributed by atoms with E-state index in [9.17, 15) is 9.59 Å². The largest absolute Gasteiger partial charge is 0.481 e. The Hall–Kier alpha value is -2.05. The fourth-order valence-electron chi connectivity index (χ4n) is 1.97. The van der Waals surface area contributed by atoms with Crippen LogP contribution in [0.25, 0.3) is 0 Å². The summed E-state index contributed by atoms with van der Waals surface area (Å²) in [5.74, 6) is -1.09. The van der Waals surface area contributed by atoms with E-state index in [0.717, 1.165) is 0 Å². The standard InChI is InChI=1S/C10H14N4O3/c11-8-7(5-12-13-8)9(15)14-3-1-6(2-4-14)10(16)17/h5-6H,1-4H2,(H,16,17)(H3,11,12,13). The van der Waals surface area contributed by atoms with Crippen LogP contribution in [-0.4, -0.2) is 45.2 Å². The van der Waals surface area contributed by atoms with Crippen LogP contribution in [0.1, 0.15) is 23.2 Å². The van der Waals surface area contributed by atoms with Gasteiger partial charge in [-0.05, 0) is 12.8 Å². The van der Waals surface area contributed by atoms with Gasteiger partial charge >= 0.3 is 5.97 Å². The number of aliphatic carboxylic acids is 1. The number of rotatable bonds is 2. The molecule has 1 aromatic heterocycles. The SMILES string of the molecule is Nc1[nH]ncc1C(=O)N1CCC(C(=O)O)CC1. The summed E-state index contributed by atoms with van der Waals surface area (Å²) in [5, 5.41) is 15.0. The van der Waals surface area contributed by atoms with Gasteiger partial charge in [0, 0.05) is 13.1 Å². The Kier molecular flexibility index (Phi) is 2.99. The lowest BCUT2D eigenvalue weighted by molar-refractivity contribution is -0.143. The Labute approximate surface area is 97.6 Å². The molecule has 0 aliphatic carbocycles. The van der Waals surface area contributed by atoms with Gasteiger partial charge in [0.05, 0.1) is 12.1 Å². The molecule has 1 aromatic rings. The molecule has 2 heterocycles. The zero-order valence-electron chi connectivity index (χ0n) is 9.22. The van der Waals surface area contributed by atoms with Gasteiger partial charge in [-0.15, -0.1) is 0 Å². The van der Waals surface area contributed by atoms with Crippen LogP contribution in [0.5, 0.6) is 0 Å². The van der Waals surface area contributed by atoms with Crippen LogP contribution in [0.2, 0.25) is 0 Å². The van der Waals surface area contributed by atoms with Crippen LogP contribution in [-0.2, 0) is 4.79 Å². The Bertz CT molecular complexity index is 435. The van der Waals surface area contributed by atoms with Gasteiger partial charge in [0.15, 0.2) is 0 Å². The van der Waals surface area contributed by atoms with Crippen molar-refractivity contribution >= 4 is 17.7 Å².